The molecule has 0 aromatic heterocycles. The lowest BCUT2D eigenvalue weighted by molar-refractivity contribution is -0.132. The van der Waals surface area contributed by atoms with Crippen molar-refractivity contribution in [2.24, 2.45) is 0 Å². The van der Waals surface area contributed by atoms with Crippen LogP contribution in [-0.4, -0.2) is 41.8 Å². The quantitative estimate of drug-likeness (QED) is 0.667. The smallest absolute Gasteiger partial charge is 0.225 e. The number of halogens is 1. The van der Waals surface area contributed by atoms with Gasteiger partial charge in [-0.2, -0.15) is 0 Å². The largest absolute Gasteiger partial charge is 0.393 e. The number of amides is 1. The fourth-order valence-corrected chi connectivity index (χ4v) is 0.959. The molecule has 0 saturated carbocycles. The van der Waals surface area contributed by atoms with E-state index in [1.807, 2.05) is 13.8 Å². The predicted octanol–water partition coefficient (Wildman–Crippen LogP) is 0.575. The van der Waals surface area contributed by atoms with Crippen LogP contribution in [0.3, 0.4) is 0 Å². The number of hydrogen-bond donors (Lipinski definition) is 1. The summed E-state index contributed by atoms with van der Waals surface area (Å²) in [6, 6.07) is 0. The zero-order valence-corrected chi connectivity index (χ0v) is 7.59. The molecule has 12 heavy (non-hydrogen) atoms. The van der Waals surface area contributed by atoms with Crippen LogP contribution >= 0.6 is 0 Å². The van der Waals surface area contributed by atoms with Gasteiger partial charge >= 0.3 is 0 Å². The van der Waals surface area contributed by atoms with Gasteiger partial charge in [-0.25, -0.2) is 4.39 Å². The van der Waals surface area contributed by atoms with Crippen molar-refractivity contribution in [1.29, 1.82) is 0 Å². The number of aliphatic hydroxyl groups is 1. The summed E-state index contributed by atoms with van der Waals surface area (Å²) in [5, 5.41) is 8.37. The summed E-state index contributed by atoms with van der Waals surface area (Å²) >= 11 is 0. The van der Waals surface area contributed by atoms with Crippen molar-refractivity contribution in [3.8, 4) is 0 Å². The number of hydrogen-bond acceptors (Lipinski definition) is 2. The standard InChI is InChI=1S/C8H16FNO2/c1-3-10(4-2)8(12)5-7(9)6-11/h7,11H,3-6H2,1-2H3/t7-/m1/s1. The highest BCUT2D eigenvalue weighted by Gasteiger charge is 2.15. The lowest BCUT2D eigenvalue weighted by atomic mass is 10.2. The number of alkyl halides is 1. The van der Waals surface area contributed by atoms with Crippen LogP contribution in [0, 0.1) is 0 Å². The molecule has 0 aliphatic rings. The van der Waals surface area contributed by atoms with Gasteiger partial charge in [0.05, 0.1) is 13.0 Å². The van der Waals surface area contributed by atoms with E-state index in [-0.39, 0.29) is 12.3 Å². The number of aliphatic hydroxyl groups excluding tert-OH is 1. The Morgan fingerprint density at radius 2 is 2.00 bits per heavy atom. The van der Waals surface area contributed by atoms with E-state index < -0.39 is 12.8 Å². The van der Waals surface area contributed by atoms with E-state index in [0.29, 0.717) is 13.1 Å². The molecule has 0 saturated heterocycles. The second-order valence-corrected chi connectivity index (χ2v) is 2.55. The summed E-state index contributed by atoms with van der Waals surface area (Å²) in [7, 11) is 0. The molecule has 0 bridgehead atoms. The lowest BCUT2D eigenvalue weighted by Gasteiger charge is -2.18. The Bertz CT molecular complexity index is 137. The molecule has 0 heterocycles. The summed E-state index contributed by atoms with van der Waals surface area (Å²) < 4.78 is 12.5. The van der Waals surface area contributed by atoms with Crippen molar-refractivity contribution < 1.29 is 14.3 Å². The summed E-state index contributed by atoms with van der Waals surface area (Å²) in [6.07, 6.45) is -1.63. The molecule has 0 fully saturated rings. The highest BCUT2D eigenvalue weighted by atomic mass is 19.1. The van der Waals surface area contributed by atoms with Crippen LogP contribution in [0.4, 0.5) is 4.39 Å². The van der Waals surface area contributed by atoms with Crippen LogP contribution in [-0.2, 0) is 4.79 Å². The van der Waals surface area contributed by atoms with Crippen LogP contribution in [0.25, 0.3) is 0 Å². The molecule has 0 aliphatic carbocycles. The predicted molar refractivity (Wildman–Crippen MR) is 44.5 cm³/mol. The summed E-state index contributed by atoms with van der Waals surface area (Å²) in [5.41, 5.74) is 0. The molecule has 0 aromatic carbocycles. The summed E-state index contributed by atoms with van der Waals surface area (Å²) in [5.74, 6) is -0.235. The van der Waals surface area contributed by atoms with E-state index in [0.717, 1.165) is 0 Å². The highest BCUT2D eigenvalue weighted by molar-refractivity contribution is 5.76. The SMILES string of the molecule is CCN(CC)C(=O)C[C@@H](F)CO. The highest BCUT2D eigenvalue weighted by Crippen LogP contribution is 2.01. The molecular formula is C8H16FNO2. The van der Waals surface area contributed by atoms with Crippen molar-refractivity contribution in [1.82, 2.24) is 4.90 Å². The van der Waals surface area contributed by atoms with Gasteiger partial charge in [0.15, 0.2) is 0 Å². The van der Waals surface area contributed by atoms with Crippen LogP contribution in [0.2, 0.25) is 0 Å². The van der Waals surface area contributed by atoms with E-state index in [1.165, 1.54) is 0 Å². The fraction of sp³-hybridized carbons (Fsp3) is 0.875. The van der Waals surface area contributed by atoms with Crippen molar-refractivity contribution >= 4 is 5.91 Å². The van der Waals surface area contributed by atoms with Crippen molar-refractivity contribution in [2.75, 3.05) is 19.7 Å². The minimum absolute atomic E-state index is 0.210. The number of rotatable bonds is 5. The third-order valence-corrected chi connectivity index (χ3v) is 1.71. The number of carbonyl (C=O) groups is 1. The van der Waals surface area contributed by atoms with Gasteiger partial charge in [0, 0.05) is 13.1 Å². The van der Waals surface area contributed by atoms with Crippen LogP contribution in [0.15, 0.2) is 0 Å². The Kier molecular flexibility index (Phi) is 5.62. The Hall–Kier alpha value is -0.640. The van der Waals surface area contributed by atoms with E-state index in [9.17, 15) is 9.18 Å². The van der Waals surface area contributed by atoms with Crippen molar-refractivity contribution in [2.45, 2.75) is 26.4 Å². The molecule has 72 valence electrons. The normalized spacial score (nSPS) is 12.7. The topological polar surface area (TPSA) is 40.5 Å². The number of nitrogens with zero attached hydrogens (tertiary/aromatic N) is 1. The average molecular weight is 177 g/mol. The monoisotopic (exact) mass is 177 g/mol. The molecule has 0 radical (unpaired) electrons. The van der Waals surface area contributed by atoms with E-state index in [4.69, 9.17) is 5.11 Å². The molecule has 0 aromatic rings. The zero-order chi connectivity index (χ0) is 9.56. The van der Waals surface area contributed by atoms with E-state index in [1.54, 1.807) is 4.90 Å². The van der Waals surface area contributed by atoms with Gasteiger partial charge in [-0.15, -0.1) is 0 Å². The molecule has 1 N–H and O–H groups in total. The molecular weight excluding hydrogens is 161 g/mol. The Morgan fingerprint density at radius 1 is 1.50 bits per heavy atom. The molecule has 0 aliphatic heterocycles. The molecule has 0 unspecified atom stereocenters. The van der Waals surface area contributed by atoms with Crippen LogP contribution in [0.1, 0.15) is 20.3 Å². The average Bonchev–Trinajstić information content (AvgIpc) is 2.06. The van der Waals surface area contributed by atoms with Gasteiger partial charge < -0.3 is 10.0 Å². The first kappa shape index (κ1) is 11.4. The molecule has 3 nitrogen and oxygen atoms in total. The van der Waals surface area contributed by atoms with E-state index in [2.05, 4.69) is 0 Å². The Balaban J connectivity index is 3.84. The molecule has 4 heteroatoms. The second kappa shape index (κ2) is 5.94. The fourth-order valence-electron chi connectivity index (χ4n) is 0.959. The van der Waals surface area contributed by atoms with Gasteiger partial charge in [0.2, 0.25) is 5.91 Å². The third kappa shape index (κ3) is 3.67. The van der Waals surface area contributed by atoms with Crippen molar-refractivity contribution in [3.05, 3.63) is 0 Å². The second-order valence-electron chi connectivity index (χ2n) is 2.55. The Morgan fingerprint density at radius 3 is 2.33 bits per heavy atom. The maximum absolute atomic E-state index is 12.5. The van der Waals surface area contributed by atoms with Gasteiger partial charge in [-0.3, -0.25) is 4.79 Å². The summed E-state index contributed by atoms with van der Waals surface area (Å²) in [4.78, 5) is 12.7. The van der Waals surface area contributed by atoms with Gasteiger partial charge in [-0.05, 0) is 13.8 Å². The minimum atomic E-state index is -1.42. The van der Waals surface area contributed by atoms with Crippen LogP contribution < -0.4 is 0 Å². The van der Waals surface area contributed by atoms with Gasteiger partial charge in [-0.1, -0.05) is 0 Å². The third-order valence-electron chi connectivity index (χ3n) is 1.71. The zero-order valence-electron chi connectivity index (χ0n) is 7.59. The van der Waals surface area contributed by atoms with Crippen molar-refractivity contribution in [3.63, 3.8) is 0 Å². The lowest BCUT2D eigenvalue weighted by Crippen LogP contribution is -2.32. The first-order chi connectivity index (χ1) is 5.65. The van der Waals surface area contributed by atoms with Crippen LogP contribution in [0.5, 0.6) is 0 Å². The van der Waals surface area contributed by atoms with Gasteiger partial charge in [0.25, 0.3) is 0 Å². The minimum Gasteiger partial charge on any atom is -0.393 e. The maximum atomic E-state index is 12.5. The van der Waals surface area contributed by atoms with Gasteiger partial charge in [0.1, 0.15) is 6.17 Å². The van der Waals surface area contributed by atoms with E-state index >= 15 is 0 Å². The number of carbonyl (C=O) groups excluding carboxylic acids is 1. The maximum Gasteiger partial charge on any atom is 0.225 e. The molecule has 0 rings (SSSR count). The first-order valence-electron chi connectivity index (χ1n) is 4.18. The molecule has 1 atom stereocenters. The summed E-state index contributed by atoms with van der Waals surface area (Å²) in [6.45, 7) is 4.29. The Labute approximate surface area is 72.2 Å². The molecule has 0 spiro atoms. The first-order valence-corrected chi connectivity index (χ1v) is 4.18. The molecule has 1 amide bonds.